The molecule has 0 atom stereocenters. The van der Waals surface area contributed by atoms with Crippen LogP contribution in [0, 0.1) is 0 Å². The molecule has 1 rings (SSSR count). The fraction of sp³-hybridized carbons (Fsp3) is 0.333. The van der Waals surface area contributed by atoms with E-state index in [1.807, 2.05) is 12.1 Å². The van der Waals surface area contributed by atoms with Gasteiger partial charge in [-0.15, -0.1) is 0 Å². The number of benzene rings is 1. The molecule has 1 aromatic carbocycles. The van der Waals surface area contributed by atoms with Crippen molar-refractivity contribution >= 4 is 36.8 Å². The first-order valence-corrected chi connectivity index (χ1v) is 9.39. The third-order valence-corrected chi connectivity index (χ3v) is 4.09. The highest BCUT2D eigenvalue weighted by atomic mass is 35.5. The maximum Gasteiger partial charge on any atom is 0.0495 e. The first-order chi connectivity index (χ1) is 6.79. The van der Waals surface area contributed by atoms with Gasteiger partial charge < -0.3 is 0 Å². The van der Waals surface area contributed by atoms with E-state index < -0.39 is 8.07 Å². The second-order valence-electron chi connectivity index (χ2n) is 4.97. The molecule has 0 nitrogen and oxygen atoms in total. The van der Waals surface area contributed by atoms with Gasteiger partial charge in [0.1, 0.15) is 0 Å². The van der Waals surface area contributed by atoms with Crippen LogP contribution in [0.15, 0.2) is 24.8 Å². The van der Waals surface area contributed by atoms with Gasteiger partial charge in [-0.25, -0.2) is 0 Å². The first-order valence-electron chi connectivity index (χ1n) is 4.93. The van der Waals surface area contributed by atoms with Crippen LogP contribution < -0.4 is 0 Å². The molecule has 15 heavy (non-hydrogen) atoms. The van der Waals surface area contributed by atoms with E-state index in [4.69, 9.17) is 23.2 Å². The molecule has 0 unspecified atom stereocenters. The van der Waals surface area contributed by atoms with Crippen LogP contribution in [0.3, 0.4) is 0 Å². The van der Waals surface area contributed by atoms with Crippen molar-refractivity contribution in [3.8, 4) is 0 Å². The summed E-state index contributed by atoms with van der Waals surface area (Å²) in [6.45, 7) is 11.1. The summed E-state index contributed by atoms with van der Waals surface area (Å²) in [7, 11) is -1.13. The van der Waals surface area contributed by atoms with Crippen molar-refractivity contribution in [3.05, 3.63) is 40.4 Å². The minimum atomic E-state index is -1.13. The summed E-state index contributed by atoms with van der Waals surface area (Å²) in [5.41, 5.74) is 2.15. The third kappa shape index (κ3) is 4.02. The lowest BCUT2D eigenvalue weighted by atomic mass is 10.1. The molecule has 0 saturated heterocycles. The van der Waals surface area contributed by atoms with E-state index in [1.54, 1.807) is 6.07 Å². The summed E-state index contributed by atoms with van der Waals surface area (Å²) in [6.07, 6.45) is 0. The summed E-state index contributed by atoms with van der Waals surface area (Å²) < 4.78 is 0. The van der Waals surface area contributed by atoms with Gasteiger partial charge in [-0.3, -0.25) is 0 Å². The summed E-state index contributed by atoms with van der Waals surface area (Å²) in [5, 5.41) is 1.37. The van der Waals surface area contributed by atoms with E-state index in [2.05, 4.69) is 26.2 Å². The molecule has 0 saturated carbocycles. The molecule has 0 N–H and O–H groups in total. The smallest absolute Gasteiger partial charge is 0.0495 e. The number of hydrogen-bond acceptors (Lipinski definition) is 0. The maximum absolute atomic E-state index is 6.12. The molecule has 0 aliphatic rings. The van der Waals surface area contributed by atoms with E-state index in [-0.39, 0.29) is 0 Å². The average Bonchev–Trinajstić information content (AvgIpc) is 1.99. The molecule has 0 aliphatic carbocycles. The minimum absolute atomic E-state index is 0.671. The van der Waals surface area contributed by atoms with Crippen LogP contribution in [0.4, 0.5) is 0 Å². The van der Waals surface area contributed by atoms with Gasteiger partial charge >= 0.3 is 0 Å². The Labute approximate surface area is 103 Å². The van der Waals surface area contributed by atoms with Gasteiger partial charge in [0.15, 0.2) is 0 Å². The van der Waals surface area contributed by atoms with Gasteiger partial charge in [0, 0.05) is 18.1 Å². The molecule has 0 amide bonds. The van der Waals surface area contributed by atoms with E-state index in [9.17, 15) is 0 Å². The van der Waals surface area contributed by atoms with E-state index in [0.717, 1.165) is 17.2 Å². The zero-order chi connectivity index (χ0) is 11.6. The maximum atomic E-state index is 6.12. The predicted octanol–water partition coefficient (Wildman–Crippen LogP) is 5.34. The lowest BCUT2D eigenvalue weighted by Gasteiger charge is -2.18. The van der Waals surface area contributed by atoms with Crippen LogP contribution in [0.5, 0.6) is 0 Å². The summed E-state index contributed by atoms with van der Waals surface area (Å²) in [4.78, 5) is 0. The van der Waals surface area contributed by atoms with Crippen molar-refractivity contribution < 1.29 is 0 Å². The number of halogens is 2. The standard InChI is InChI=1S/C12H16Cl2Si/c1-9(8-15(2,3)4)11-6-5-10(13)7-12(11)14/h5-7H,1,8H2,2-4H3. The molecule has 1 aromatic rings. The second-order valence-corrected chi connectivity index (χ2v) is 11.3. The Bertz CT molecular complexity index is 378. The van der Waals surface area contributed by atoms with Crippen molar-refractivity contribution in [2.45, 2.75) is 25.7 Å². The van der Waals surface area contributed by atoms with Crippen LogP contribution in [-0.4, -0.2) is 8.07 Å². The normalized spacial score (nSPS) is 11.5. The largest absolute Gasteiger partial charge is 0.0955 e. The summed E-state index contributed by atoms with van der Waals surface area (Å²) in [6, 6.07) is 6.65. The van der Waals surface area contributed by atoms with E-state index in [1.165, 1.54) is 0 Å². The molecule has 82 valence electrons. The SMILES string of the molecule is C=C(C[Si](C)(C)C)c1ccc(Cl)cc1Cl. The van der Waals surface area contributed by atoms with Crippen LogP contribution in [0.2, 0.25) is 35.7 Å². The van der Waals surface area contributed by atoms with Gasteiger partial charge in [0.25, 0.3) is 0 Å². The average molecular weight is 259 g/mol. The Morgan fingerprint density at radius 2 is 1.87 bits per heavy atom. The molecular weight excluding hydrogens is 243 g/mol. The summed E-state index contributed by atoms with van der Waals surface area (Å²) in [5.74, 6) is 0. The Hall–Kier alpha value is -0.243. The fourth-order valence-electron chi connectivity index (χ4n) is 1.51. The molecule has 0 radical (unpaired) electrons. The summed E-state index contributed by atoms with van der Waals surface area (Å²) >= 11 is 12.0. The Morgan fingerprint density at radius 1 is 1.27 bits per heavy atom. The van der Waals surface area contributed by atoms with E-state index in [0.29, 0.717) is 10.0 Å². The fourth-order valence-corrected chi connectivity index (χ4v) is 3.52. The second kappa shape index (κ2) is 4.73. The van der Waals surface area contributed by atoms with Gasteiger partial charge in [-0.2, -0.15) is 0 Å². The zero-order valence-electron chi connectivity index (χ0n) is 9.40. The number of allylic oxidation sites excluding steroid dienone is 1. The number of rotatable bonds is 3. The molecule has 0 aliphatic heterocycles. The van der Waals surface area contributed by atoms with Gasteiger partial charge in [-0.1, -0.05) is 55.5 Å². The van der Waals surface area contributed by atoms with Gasteiger partial charge in [-0.05, 0) is 29.3 Å². The Morgan fingerprint density at radius 3 is 2.33 bits per heavy atom. The topological polar surface area (TPSA) is 0 Å². The molecule has 3 heteroatoms. The number of hydrogen-bond donors (Lipinski definition) is 0. The Balaban J connectivity index is 2.92. The van der Waals surface area contributed by atoms with Gasteiger partial charge in [0.2, 0.25) is 0 Å². The van der Waals surface area contributed by atoms with Crippen LogP contribution in [0.25, 0.3) is 5.57 Å². The molecule has 0 bridgehead atoms. The van der Waals surface area contributed by atoms with Crippen LogP contribution in [0.1, 0.15) is 5.56 Å². The Kier molecular flexibility index (Phi) is 4.04. The zero-order valence-corrected chi connectivity index (χ0v) is 11.9. The molecule has 0 fully saturated rings. The van der Waals surface area contributed by atoms with Gasteiger partial charge in [0.05, 0.1) is 0 Å². The molecule has 0 aromatic heterocycles. The monoisotopic (exact) mass is 258 g/mol. The van der Waals surface area contributed by atoms with Crippen molar-refractivity contribution in [1.29, 1.82) is 0 Å². The van der Waals surface area contributed by atoms with Crippen molar-refractivity contribution in [2.24, 2.45) is 0 Å². The van der Waals surface area contributed by atoms with Crippen LogP contribution >= 0.6 is 23.2 Å². The lowest BCUT2D eigenvalue weighted by Crippen LogP contribution is -2.19. The van der Waals surface area contributed by atoms with Crippen molar-refractivity contribution in [2.75, 3.05) is 0 Å². The predicted molar refractivity (Wildman–Crippen MR) is 73.6 cm³/mol. The first kappa shape index (κ1) is 12.8. The van der Waals surface area contributed by atoms with Crippen LogP contribution in [-0.2, 0) is 0 Å². The highest BCUT2D eigenvalue weighted by molar-refractivity contribution is 6.77. The molecule has 0 spiro atoms. The highest BCUT2D eigenvalue weighted by Gasteiger charge is 2.16. The quantitative estimate of drug-likeness (QED) is 0.642. The van der Waals surface area contributed by atoms with E-state index >= 15 is 0 Å². The van der Waals surface area contributed by atoms with Crippen molar-refractivity contribution in [3.63, 3.8) is 0 Å². The third-order valence-electron chi connectivity index (χ3n) is 2.06. The lowest BCUT2D eigenvalue weighted by molar-refractivity contribution is 1.49. The van der Waals surface area contributed by atoms with Crippen molar-refractivity contribution in [1.82, 2.24) is 0 Å². The highest BCUT2D eigenvalue weighted by Crippen LogP contribution is 2.30. The minimum Gasteiger partial charge on any atom is -0.0955 e. The molecule has 0 heterocycles. The molecular formula is C12H16Cl2Si.